The van der Waals surface area contributed by atoms with Crippen molar-refractivity contribution in [3.63, 3.8) is 0 Å². The number of para-hydroxylation sites is 1. The highest BCUT2D eigenvalue weighted by molar-refractivity contribution is 7.89. The van der Waals surface area contributed by atoms with E-state index >= 15 is 0 Å². The van der Waals surface area contributed by atoms with Gasteiger partial charge in [0.1, 0.15) is 11.4 Å². The van der Waals surface area contributed by atoms with Crippen LogP contribution >= 0.6 is 0 Å². The van der Waals surface area contributed by atoms with Gasteiger partial charge in [-0.1, -0.05) is 18.2 Å². The van der Waals surface area contributed by atoms with Crippen molar-refractivity contribution < 1.29 is 22.4 Å². The van der Waals surface area contributed by atoms with Crippen LogP contribution in [0.1, 0.15) is 17.3 Å². The summed E-state index contributed by atoms with van der Waals surface area (Å²) in [5.74, 6) is 0.426. The lowest BCUT2D eigenvalue weighted by atomic mass is 10.1. The molecule has 2 aromatic carbocycles. The predicted octanol–water partition coefficient (Wildman–Crippen LogP) is 3.52. The van der Waals surface area contributed by atoms with Gasteiger partial charge in [-0.2, -0.15) is 0 Å². The van der Waals surface area contributed by atoms with Crippen LogP contribution < -0.4 is 15.0 Å². The molecule has 0 aliphatic heterocycles. The van der Waals surface area contributed by atoms with Crippen molar-refractivity contribution in [3.05, 3.63) is 78.6 Å². The van der Waals surface area contributed by atoms with E-state index in [1.165, 1.54) is 18.4 Å². The zero-order valence-corrected chi connectivity index (χ0v) is 17.3. The van der Waals surface area contributed by atoms with E-state index in [-0.39, 0.29) is 10.5 Å². The van der Waals surface area contributed by atoms with E-state index in [9.17, 15) is 13.2 Å². The standard InChI is InChI=1S/C22H19N3O5S/c1-2-29-15-9-11-16(12-10-15)31(27,28)25-24-22(26)18-14-20(21-8-5-13-30-21)23-19-7-4-3-6-17(18)19/h3-14,25H,2H2,1H3,(H,24,26). The minimum Gasteiger partial charge on any atom is -0.494 e. The molecule has 0 atom stereocenters. The molecule has 0 radical (unpaired) electrons. The molecule has 31 heavy (non-hydrogen) atoms. The van der Waals surface area contributed by atoms with Gasteiger partial charge in [-0.15, -0.1) is 4.83 Å². The van der Waals surface area contributed by atoms with Crippen LogP contribution in [-0.2, 0) is 10.0 Å². The smallest absolute Gasteiger partial charge is 0.267 e. The zero-order chi connectivity index (χ0) is 21.8. The molecule has 4 aromatic rings. The number of benzene rings is 2. The lowest BCUT2D eigenvalue weighted by molar-refractivity contribution is 0.0946. The minimum absolute atomic E-state index is 0.00730. The number of fused-ring (bicyclic) bond motifs is 1. The quantitative estimate of drug-likeness (QED) is 0.428. The number of ether oxygens (including phenoxy) is 1. The summed E-state index contributed by atoms with van der Waals surface area (Å²) < 4.78 is 35.8. The molecule has 2 N–H and O–H groups in total. The van der Waals surface area contributed by atoms with Gasteiger partial charge in [0, 0.05) is 5.39 Å². The topological polar surface area (TPSA) is 111 Å². The SMILES string of the molecule is CCOc1ccc(S(=O)(=O)NNC(=O)c2cc(-c3ccco3)nc3ccccc23)cc1. The summed E-state index contributed by atoms with van der Waals surface area (Å²) in [6, 6.07) is 18.0. The van der Waals surface area contributed by atoms with Gasteiger partial charge >= 0.3 is 0 Å². The zero-order valence-electron chi connectivity index (χ0n) is 16.5. The molecule has 4 rings (SSSR count). The Bertz CT molecular complexity index is 1320. The average molecular weight is 437 g/mol. The number of sulfonamides is 1. The molecule has 0 saturated heterocycles. The fourth-order valence-electron chi connectivity index (χ4n) is 3.04. The molecule has 0 aliphatic rings. The maximum atomic E-state index is 12.9. The number of furan rings is 1. The first kappa shape index (κ1) is 20.6. The molecule has 0 aliphatic carbocycles. The number of carbonyl (C=O) groups excluding carboxylic acids is 1. The first-order valence-corrected chi connectivity index (χ1v) is 10.9. The summed E-state index contributed by atoms with van der Waals surface area (Å²) in [4.78, 5) is 19.5. The van der Waals surface area contributed by atoms with Gasteiger partial charge in [0.25, 0.3) is 15.9 Å². The van der Waals surface area contributed by atoms with Crippen LogP contribution in [0.4, 0.5) is 0 Å². The Labute approximate surface area is 178 Å². The number of nitrogens with one attached hydrogen (secondary N) is 2. The van der Waals surface area contributed by atoms with E-state index < -0.39 is 15.9 Å². The number of aromatic nitrogens is 1. The molecule has 8 nitrogen and oxygen atoms in total. The molecule has 0 bridgehead atoms. The molecule has 0 unspecified atom stereocenters. The Morgan fingerprint density at radius 1 is 1.06 bits per heavy atom. The number of hydrogen-bond donors (Lipinski definition) is 2. The van der Waals surface area contributed by atoms with Crippen molar-refractivity contribution in [1.29, 1.82) is 0 Å². The number of nitrogens with zero attached hydrogens (tertiary/aromatic N) is 1. The Kier molecular flexibility index (Phi) is 5.70. The van der Waals surface area contributed by atoms with E-state index in [2.05, 4.69) is 15.2 Å². The molecular weight excluding hydrogens is 418 g/mol. The Morgan fingerprint density at radius 3 is 2.55 bits per heavy atom. The third-order valence-electron chi connectivity index (χ3n) is 4.48. The van der Waals surface area contributed by atoms with Gasteiger partial charge in [0.05, 0.1) is 28.8 Å². The van der Waals surface area contributed by atoms with Crippen LogP contribution in [0.15, 0.2) is 82.3 Å². The van der Waals surface area contributed by atoms with Crippen molar-refractivity contribution >= 4 is 26.8 Å². The molecule has 2 heterocycles. The van der Waals surface area contributed by atoms with Crippen LogP contribution in [0.5, 0.6) is 5.75 Å². The lowest BCUT2D eigenvalue weighted by Crippen LogP contribution is -2.41. The maximum absolute atomic E-state index is 12.9. The van der Waals surface area contributed by atoms with Gasteiger partial charge in [0.2, 0.25) is 0 Å². The average Bonchev–Trinajstić information content (AvgIpc) is 3.32. The highest BCUT2D eigenvalue weighted by Crippen LogP contribution is 2.25. The first-order valence-electron chi connectivity index (χ1n) is 9.46. The summed E-state index contributed by atoms with van der Waals surface area (Å²) in [6.45, 7) is 2.31. The van der Waals surface area contributed by atoms with Crippen LogP contribution in [0, 0.1) is 0 Å². The van der Waals surface area contributed by atoms with E-state index in [0.29, 0.717) is 34.7 Å². The maximum Gasteiger partial charge on any atom is 0.267 e. The van der Waals surface area contributed by atoms with Gasteiger partial charge in [-0.3, -0.25) is 10.2 Å². The van der Waals surface area contributed by atoms with Crippen LogP contribution in [0.25, 0.3) is 22.4 Å². The van der Waals surface area contributed by atoms with Crippen molar-refractivity contribution in [2.24, 2.45) is 0 Å². The number of amides is 1. The molecule has 2 aromatic heterocycles. The summed E-state index contributed by atoms with van der Waals surface area (Å²) >= 11 is 0. The third kappa shape index (κ3) is 4.42. The number of hydrazine groups is 1. The highest BCUT2D eigenvalue weighted by atomic mass is 32.2. The summed E-state index contributed by atoms with van der Waals surface area (Å²) in [6.07, 6.45) is 1.51. The minimum atomic E-state index is -3.97. The predicted molar refractivity (Wildman–Crippen MR) is 115 cm³/mol. The molecule has 9 heteroatoms. The van der Waals surface area contributed by atoms with E-state index in [1.54, 1.807) is 54.6 Å². The molecule has 0 saturated carbocycles. The normalized spacial score (nSPS) is 11.4. The van der Waals surface area contributed by atoms with Crippen LogP contribution in [0.2, 0.25) is 0 Å². The summed E-state index contributed by atoms with van der Waals surface area (Å²) in [5.41, 5.74) is 3.57. The van der Waals surface area contributed by atoms with E-state index in [1.807, 2.05) is 6.92 Å². The molecular formula is C22H19N3O5S. The number of rotatable bonds is 7. The second-order valence-corrected chi connectivity index (χ2v) is 8.20. The van der Waals surface area contributed by atoms with E-state index in [4.69, 9.17) is 9.15 Å². The Hall–Kier alpha value is -3.69. The number of carbonyl (C=O) groups is 1. The fraction of sp³-hybridized carbons (Fsp3) is 0.0909. The third-order valence-corrected chi connectivity index (χ3v) is 5.74. The van der Waals surface area contributed by atoms with Gasteiger partial charge in [0.15, 0.2) is 5.76 Å². The molecule has 158 valence electrons. The van der Waals surface area contributed by atoms with Crippen molar-refractivity contribution in [2.45, 2.75) is 11.8 Å². The van der Waals surface area contributed by atoms with E-state index in [0.717, 1.165) is 0 Å². The van der Waals surface area contributed by atoms with Crippen LogP contribution in [-0.4, -0.2) is 25.9 Å². The largest absolute Gasteiger partial charge is 0.494 e. The second kappa shape index (κ2) is 8.58. The van der Waals surface area contributed by atoms with Crippen molar-refractivity contribution in [1.82, 2.24) is 15.2 Å². The Balaban J connectivity index is 1.59. The Morgan fingerprint density at radius 2 is 1.84 bits per heavy atom. The van der Waals surface area contributed by atoms with Gasteiger partial charge in [-0.05, 0) is 55.5 Å². The highest BCUT2D eigenvalue weighted by Gasteiger charge is 2.19. The van der Waals surface area contributed by atoms with Crippen molar-refractivity contribution in [2.75, 3.05) is 6.61 Å². The molecule has 0 spiro atoms. The fourth-order valence-corrected chi connectivity index (χ4v) is 3.87. The second-order valence-electron chi connectivity index (χ2n) is 6.51. The van der Waals surface area contributed by atoms with Crippen LogP contribution in [0.3, 0.4) is 0 Å². The molecule has 1 amide bonds. The summed E-state index contributed by atoms with van der Waals surface area (Å²) in [5, 5.41) is 0.579. The van der Waals surface area contributed by atoms with Gasteiger partial charge in [-0.25, -0.2) is 13.4 Å². The summed E-state index contributed by atoms with van der Waals surface area (Å²) in [7, 11) is -3.97. The lowest BCUT2D eigenvalue weighted by Gasteiger charge is -2.11. The van der Waals surface area contributed by atoms with Crippen molar-refractivity contribution in [3.8, 4) is 17.2 Å². The number of pyridine rings is 1. The first-order chi connectivity index (χ1) is 15.0. The number of hydrogen-bond acceptors (Lipinski definition) is 6. The van der Waals surface area contributed by atoms with Gasteiger partial charge < -0.3 is 9.15 Å². The monoisotopic (exact) mass is 437 g/mol. The molecule has 0 fully saturated rings.